The molecule has 8 heteroatoms. The van der Waals surface area contributed by atoms with Crippen LogP contribution < -0.4 is 10.2 Å². The number of hydrogen-bond donors (Lipinski definition) is 1. The monoisotopic (exact) mass is 470 g/mol. The van der Waals surface area contributed by atoms with Gasteiger partial charge in [-0.25, -0.2) is 9.69 Å². The topological polar surface area (TPSA) is 110 Å². The lowest BCUT2D eigenvalue weighted by Crippen LogP contribution is -2.30. The van der Waals surface area contributed by atoms with Gasteiger partial charge in [0, 0.05) is 11.3 Å². The third-order valence-electron chi connectivity index (χ3n) is 5.64. The number of imide groups is 1. The number of ether oxygens (including phenoxy) is 1. The van der Waals surface area contributed by atoms with Crippen molar-refractivity contribution in [1.82, 2.24) is 0 Å². The third kappa shape index (κ3) is 4.72. The molecule has 176 valence electrons. The number of aryl methyl sites for hydroxylation is 2. The van der Waals surface area contributed by atoms with E-state index in [0.29, 0.717) is 16.9 Å². The number of benzene rings is 3. The fourth-order valence-electron chi connectivity index (χ4n) is 3.75. The molecule has 1 aliphatic heterocycles. The number of nitrogens with zero attached hydrogens (tertiary/aromatic N) is 1. The van der Waals surface area contributed by atoms with E-state index in [4.69, 9.17) is 4.74 Å². The number of hydrogen-bond acceptors (Lipinski definition) is 6. The van der Waals surface area contributed by atoms with Gasteiger partial charge in [-0.05, 0) is 80.4 Å². The summed E-state index contributed by atoms with van der Waals surface area (Å²) in [6.45, 7) is 4.57. The minimum atomic E-state index is -0.805. The van der Waals surface area contributed by atoms with Gasteiger partial charge in [0.15, 0.2) is 12.4 Å². The van der Waals surface area contributed by atoms with E-state index in [1.54, 1.807) is 30.3 Å². The number of fused-ring (bicyclic) bond motifs is 1. The van der Waals surface area contributed by atoms with Crippen LogP contribution in [-0.4, -0.2) is 36.1 Å². The highest BCUT2D eigenvalue weighted by Gasteiger charge is 2.38. The lowest BCUT2D eigenvalue weighted by Gasteiger charge is -2.17. The van der Waals surface area contributed by atoms with Crippen LogP contribution in [0.2, 0.25) is 0 Å². The largest absolute Gasteiger partial charge is 0.452 e. The first kappa shape index (κ1) is 23.6. The molecule has 0 saturated heterocycles. The highest BCUT2D eigenvalue weighted by molar-refractivity contribution is 6.35. The van der Waals surface area contributed by atoms with Crippen LogP contribution in [0.3, 0.4) is 0 Å². The van der Waals surface area contributed by atoms with Gasteiger partial charge >= 0.3 is 5.97 Å². The van der Waals surface area contributed by atoms with Crippen molar-refractivity contribution < 1.29 is 28.7 Å². The fraction of sp³-hybridized carbons (Fsp3) is 0.148. The molecule has 0 fully saturated rings. The molecule has 1 aliphatic rings. The summed E-state index contributed by atoms with van der Waals surface area (Å²) in [5.74, 6) is -2.46. The number of amides is 3. The number of rotatable bonds is 6. The molecule has 0 aromatic heterocycles. The average Bonchev–Trinajstić information content (AvgIpc) is 3.08. The predicted molar refractivity (Wildman–Crippen MR) is 129 cm³/mol. The Morgan fingerprint density at radius 1 is 0.829 bits per heavy atom. The summed E-state index contributed by atoms with van der Waals surface area (Å²) in [5.41, 5.74) is 3.46. The van der Waals surface area contributed by atoms with Crippen LogP contribution in [0.4, 0.5) is 11.4 Å². The summed E-state index contributed by atoms with van der Waals surface area (Å²) in [4.78, 5) is 63.1. The second-order valence-electron chi connectivity index (χ2n) is 8.25. The van der Waals surface area contributed by atoms with E-state index in [-0.39, 0.29) is 22.5 Å². The van der Waals surface area contributed by atoms with Crippen LogP contribution in [0.1, 0.15) is 59.5 Å². The minimum Gasteiger partial charge on any atom is -0.452 e. The fourth-order valence-corrected chi connectivity index (χ4v) is 3.75. The van der Waals surface area contributed by atoms with E-state index in [2.05, 4.69) is 5.32 Å². The van der Waals surface area contributed by atoms with Gasteiger partial charge < -0.3 is 10.1 Å². The number of anilines is 2. The molecule has 0 bridgehead atoms. The molecule has 0 saturated carbocycles. The Morgan fingerprint density at radius 2 is 1.49 bits per heavy atom. The summed E-state index contributed by atoms with van der Waals surface area (Å²) in [6, 6.07) is 15.9. The van der Waals surface area contributed by atoms with E-state index < -0.39 is 30.3 Å². The highest BCUT2D eigenvalue weighted by atomic mass is 16.5. The summed E-state index contributed by atoms with van der Waals surface area (Å²) in [5, 5.41) is 2.57. The van der Waals surface area contributed by atoms with Crippen molar-refractivity contribution in [3.05, 3.63) is 94.0 Å². The molecule has 8 nitrogen and oxygen atoms in total. The Balaban J connectivity index is 1.44. The molecule has 3 aromatic carbocycles. The number of ketones is 1. The standard InChI is InChI=1S/C27H22N2O6/c1-15-4-5-16(2)23(12-15)29-25(32)21-11-8-19(13-22(21)26(29)33)27(34)35-14-24(31)28-20-9-6-18(7-10-20)17(3)30/h4-13H,14H2,1-3H3,(H,28,31). The van der Waals surface area contributed by atoms with E-state index in [0.717, 1.165) is 16.0 Å². The Bertz CT molecular complexity index is 1390. The zero-order chi connectivity index (χ0) is 25.3. The Kier molecular flexibility index (Phi) is 6.29. The van der Waals surface area contributed by atoms with Crippen LogP contribution in [0.15, 0.2) is 60.7 Å². The van der Waals surface area contributed by atoms with Crippen molar-refractivity contribution >= 4 is 40.8 Å². The molecule has 4 rings (SSSR count). The van der Waals surface area contributed by atoms with E-state index >= 15 is 0 Å². The lowest BCUT2D eigenvalue weighted by molar-refractivity contribution is -0.119. The SMILES string of the molecule is CC(=O)c1ccc(NC(=O)COC(=O)c2ccc3c(c2)C(=O)N(c2cc(C)ccc2C)C3=O)cc1. The number of nitrogens with one attached hydrogen (secondary N) is 1. The van der Waals surface area contributed by atoms with Gasteiger partial charge in [-0.15, -0.1) is 0 Å². The highest BCUT2D eigenvalue weighted by Crippen LogP contribution is 2.31. The van der Waals surface area contributed by atoms with Gasteiger partial charge in [0.25, 0.3) is 17.7 Å². The second kappa shape index (κ2) is 9.34. The van der Waals surface area contributed by atoms with E-state index in [1.165, 1.54) is 25.1 Å². The zero-order valence-corrected chi connectivity index (χ0v) is 19.4. The number of carbonyl (C=O) groups is 5. The first-order valence-electron chi connectivity index (χ1n) is 10.8. The predicted octanol–water partition coefficient (Wildman–Crippen LogP) is 4.10. The normalized spacial score (nSPS) is 12.4. The Labute approximate surface area is 201 Å². The van der Waals surface area contributed by atoms with Gasteiger partial charge in [0.2, 0.25) is 0 Å². The lowest BCUT2D eigenvalue weighted by atomic mass is 10.1. The van der Waals surface area contributed by atoms with Gasteiger partial charge in [0.1, 0.15) is 0 Å². The summed E-state index contributed by atoms with van der Waals surface area (Å²) >= 11 is 0. The van der Waals surface area contributed by atoms with Crippen LogP contribution >= 0.6 is 0 Å². The molecule has 3 aromatic rings. The van der Waals surface area contributed by atoms with Crippen molar-refractivity contribution in [2.75, 3.05) is 16.8 Å². The molecule has 0 radical (unpaired) electrons. The molecule has 0 aliphatic carbocycles. The molecule has 0 atom stereocenters. The van der Waals surface area contributed by atoms with Crippen molar-refractivity contribution in [3.63, 3.8) is 0 Å². The number of carbonyl (C=O) groups excluding carboxylic acids is 5. The molecule has 1 heterocycles. The van der Waals surface area contributed by atoms with Crippen molar-refractivity contribution in [2.45, 2.75) is 20.8 Å². The maximum Gasteiger partial charge on any atom is 0.338 e. The quantitative estimate of drug-likeness (QED) is 0.330. The van der Waals surface area contributed by atoms with E-state index in [9.17, 15) is 24.0 Å². The van der Waals surface area contributed by atoms with Gasteiger partial charge in [0.05, 0.1) is 22.4 Å². The van der Waals surface area contributed by atoms with Crippen molar-refractivity contribution in [2.24, 2.45) is 0 Å². The number of esters is 1. The van der Waals surface area contributed by atoms with Gasteiger partial charge in [-0.2, -0.15) is 0 Å². The maximum absolute atomic E-state index is 13.0. The van der Waals surface area contributed by atoms with Crippen molar-refractivity contribution in [1.29, 1.82) is 0 Å². The molecular formula is C27H22N2O6. The zero-order valence-electron chi connectivity index (χ0n) is 19.4. The summed E-state index contributed by atoms with van der Waals surface area (Å²) < 4.78 is 5.08. The summed E-state index contributed by atoms with van der Waals surface area (Å²) in [7, 11) is 0. The molecule has 1 N–H and O–H groups in total. The van der Waals surface area contributed by atoms with Gasteiger partial charge in [-0.1, -0.05) is 12.1 Å². The first-order chi connectivity index (χ1) is 16.7. The average molecular weight is 470 g/mol. The Hall–Kier alpha value is -4.59. The van der Waals surface area contributed by atoms with Crippen LogP contribution in [0.5, 0.6) is 0 Å². The molecule has 3 amide bonds. The van der Waals surface area contributed by atoms with E-state index in [1.807, 2.05) is 26.0 Å². The molecule has 35 heavy (non-hydrogen) atoms. The van der Waals surface area contributed by atoms with Crippen LogP contribution in [0, 0.1) is 13.8 Å². The van der Waals surface area contributed by atoms with Gasteiger partial charge in [-0.3, -0.25) is 19.2 Å². The second-order valence-corrected chi connectivity index (χ2v) is 8.25. The van der Waals surface area contributed by atoms with Crippen LogP contribution in [0.25, 0.3) is 0 Å². The van der Waals surface area contributed by atoms with Crippen molar-refractivity contribution in [3.8, 4) is 0 Å². The molecule has 0 spiro atoms. The number of Topliss-reactive ketones (excluding diaryl/α,β-unsaturated/α-hetero) is 1. The summed E-state index contributed by atoms with van der Waals surface area (Å²) in [6.07, 6.45) is 0. The molecule has 0 unspecified atom stereocenters. The Morgan fingerprint density at radius 3 is 2.17 bits per heavy atom. The smallest absolute Gasteiger partial charge is 0.338 e. The third-order valence-corrected chi connectivity index (χ3v) is 5.64. The first-order valence-corrected chi connectivity index (χ1v) is 10.8. The minimum absolute atomic E-state index is 0.0475. The molecular weight excluding hydrogens is 448 g/mol. The van der Waals surface area contributed by atoms with Crippen LogP contribution in [-0.2, 0) is 9.53 Å². The maximum atomic E-state index is 13.0.